The number of aliphatic hydroxyl groups excluding tert-OH is 2. The molecule has 18 heteroatoms. The van der Waals surface area contributed by atoms with Crippen molar-refractivity contribution in [3.8, 4) is 28.4 Å². The Bertz CT molecular complexity index is 2520. The molecular formula is C50H53F3N6O9. The number of nitrogens with zero attached hydrogens (tertiary/aromatic N) is 4. The van der Waals surface area contributed by atoms with Crippen LogP contribution in [0.4, 0.5) is 13.2 Å². The van der Waals surface area contributed by atoms with Gasteiger partial charge in [-0.15, -0.1) is 0 Å². The van der Waals surface area contributed by atoms with E-state index in [1.165, 1.54) is 0 Å². The molecule has 358 valence electrons. The minimum atomic E-state index is -4.60. The Balaban J connectivity index is 0.000000326. The average molecular weight is 939 g/mol. The summed E-state index contributed by atoms with van der Waals surface area (Å²) in [4.78, 5) is 38.9. The van der Waals surface area contributed by atoms with Crippen molar-refractivity contribution < 1.29 is 56.0 Å². The lowest BCUT2D eigenvalue weighted by Crippen LogP contribution is -2.60. The number of aromatic nitrogens is 2. The van der Waals surface area contributed by atoms with Gasteiger partial charge in [0.15, 0.2) is 5.76 Å². The summed E-state index contributed by atoms with van der Waals surface area (Å²) in [6.45, 7) is 0.849. The third-order valence-electron chi connectivity index (χ3n) is 11.8. The number of β-amino-alcohol motifs (C(OH)–C–C–N with tert-alkyl or cyclic N) is 1. The van der Waals surface area contributed by atoms with Crippen LogP contribution in [0.25, 0.3) is 22.6 Å². The SMILES string of the molecule is O=C(N[C@H]1c2ccccc2OC[C@H]1O)[C@H](Cc1ccccc1)C[C@H](O)CN1CCN(Cc2ccc(-c3cccnc3)o2)C[C@H]1C(=O)NCC(F)(F)F.c1cncc(-c2ccc(C3OCCO3)o2)c1. The van der Waals surface area contributed by atoms with Gasteiger partial charge in [0.05, 0.1) is 31.9 Å². The summed E-state index contributed by atoms with van der Waals surface area (Å²) in [6, 6.07) is 29.6. The van der Waals surface area contributed by atoms with Crippen LogP contribution in [0.15, 0.2) is 137 Å². The lowest BCUT2D eigenvalue weighted by molar-refractivity contribution is -0.143. The van der Waals surface area contributed by atoms with Gasteiger partial charge in [0.1, 0.15) is 48.3 Å². The van der Waals surface area contributed by atoms with Crippen LogP contribution in [0, 0.1) is 5.92 Å². The van der Waals surface area contributed by atoms with Crippen LogP contribution in [0.1, 0.15) is 41.4 Å². The zero-order valence-corrected chi connectivity index (χ0v) is 37.0. The average Bonchev–Trinajstić information content (AvgIpc) is 4.17. The Hall–Kier alpha value is -6.41. The summed E-state index contributed by atoms with van der Waals surface area (Å²) < 4.78 is 67.3. The van der Waals surface area contributed by atoms with Crippen molar-refractivity contribution in [2.75, 3.05) is 52.5 Å². The number of para-hydroxylation sites is 1. The molecule has 0 aliphatic carbocycles. The van der Waals surface area contributed by atoms with Gasteiger partial charge in [0.25, 0.3) is 0 Å². The van der Waals surface area contributed by atoms with E-state index >= 15 is 0 Å². The van der Waals surface area contributed by atoms with Gasteiger partial charge in [-0.25, -0.2) is 0 Å². The number of alkyl halides is 3. The Morgan fingerprint density at radius 2 is 1.51 bits per heavy atom. The first-order chi connectivity index (χ1) is 33.0. The molecule has 4 aromatic heterocycles. The number of rotatable bonds is 15. The maximum absolute atomic E-state index is 13.9. The van der Waals surface area contributed by atoms with E-state index in [0.29, 0.717) is 54.9 Å². The largest absolute Gasteiger partial charge is 0.490 e. The molecule has 7 heterocycles. The highest BCUT2D eigenvalue weighted by atomic mass is 19.4. The van der Waals surface area contributed by atoms with E-state index in [9.17, 15) is 33.0 Å². The van der Waals surface area contributed by atoms with Gasteiger partial charge >= 0.3 is 6.18 Å². The Morgan fingerprint density at radius 1 is 0.824 bits per heavy atom. The fourth-order valence-electron chi connectivity index (χ4n) is 8.45. The normalized spacial score (nSPS) is 19.8. The zero-order valence-electron chi connectivity index (χ0n) is 37.0. The molecule has 0 spiro atoms. The van der Waals surface area contributed by atoms with Gasteiger partial charge < -0.3 is 43.9 Å². The molecular weight excluding hydrogens is 886 g/mol. The highest BCUT2D eigenvalue weighted by molar-refractivity contribution is 5.82. The van der Waals surface area contributed by atoms with E-state index in [1.807, 2.05) is 83.0 Å². The number of fused-ring (bicyclic) bond motifs is 1. The standard InChI is InChI=1S/C38H42F3N5O6.C12H11NO3/c39-38(40,41)24-43-37(50)31-22-45(21-29-12-13-33(52-29)26-9-6-14-42-19-26)15-16-46(31)20-28(47)18-27(17-25-7-2-1-3-8-25)36(49)44-35-30-10-4-5-11-34(30)51-23-32(35)48;1-2-9(8-13-5-1)10-3-4-11(16-10)12-14-6-7-15-12/h1-14,19,27-28,31-32,35,47-48H,15-18,20-24H2,(H,43,50)(H,44,49);1-5,8,12H,6-7H2/t27-,28+,31+,32-,35+;/m1./s1. The number of hydrogen-bond donors (Lipinski definition) is 4. The molecule has 6 aromatic rings. The highest BCUT2D eigenvalue weighted by Crippen LogP contribution is 2.33. The third-order valence-corrected chi connectivity index (χ3v) is 11.8. The summed E-state index contributed by atoms with van der Waals surface area (Å²) in [7, 11) is 0. The minimum Gasteiger partial charge on any atom is -0.490 e. The summed E-state index contributed by atoms with van der Waals surface area (Å²) >= 11 is 0. The molecule has 9 rings (SSSR count). The van der Waals surface area contributed by atoms with Gasteiger partial charge in [-0.05, 0) is 73.0 Å². The first kappa shape index (κ1) is 48.1. The van der Waals surface area contributed by atoms with E-state index in [0.717, 1.165) is 22.5 Å². The Kier molecular flexibility index (Phi) is 16.0. The monoisotopic (exact) mass is 938 g/mol. The number of pyridine rings is 2. The van der Waals surface area contributed by atoms with Gasteiger partial charge in [-0.3, -0.25) is 29.4 Å². The Labute approximate surface area is 390 Å². The van der Waals surface area contributed by atoms with Crippen LogP contribution in [0.5, 0.6) is 5.75 Å². The molecule has 0 bridgehead atoms. The summed E-state index contributed by atoms with van der Waals surface area (Å²) in [6.07, 6.45) is 0.0706. The topological polar surface area (TPSA) is 185 Å². The first-order valence-corrected chi connectivity index (χ1v) is 22.4. The Morgan fingerprint density at radius 3 is 2.22 bits per heavy atom. The van der Waals surface area contributed by atoms with Crippen molar-refractivity contribution in [2.45, 2.75) is 56.1 Å². The number of piperazine rings is 1. The number of carbonyl (C=O) groups excluding carboxylic acids is 2. The molecule has 68 heavy (non-hydrogen) atoms. The number of halogens is 3. The van der Waals surface area contributed by atoms with Crippen molar-refractivity contribution >= 4 is 11.8 Å². The lowest BCUT2D eigenvalue weighted by Gasteiger charge is -2.41. The fourth-order valence-corrected chi connectivity index (χ4v) is 8.45. The second-order valence-corrected chi connectivity index (χ2v) is 16.8. The van der Waals surface area contributed by atoms with E-state index in [2.05, 4.69) is 15.3 Å². The summed E-state index contributed by atoms with van der Waals surface area (Å²) in [5.41, 5.74) is 3.25. The van der Waals surface area contributed by atoms with Gasteiger partial charge in [0, 0.05) is 73.6 Å². The fraction of sp³-hybridized carbons (Fsp3) is 0.360. The molecule has 4 N–H and O–H groups in total. The number of furan rings is 2. The number of hydrogen-bond acceptors (Lipinski definition) is 13. The van der Waals surface area contributed by atoms with E-state index in [1.54, 1.807) is 60.0 Å². The molecule has 15 nitrogen and oxygen atoms in total. The van der Waals surface area contributed by atoms with Crippen LogP contribution in [0.2, 0.25) is 0 Å². The molecule has 2 saturated heterocycles. The molecule has 0 saturated carbocycles. The number of benzene rings is 2. The number of amides is 2. The number of nitrogens with one attached hydrogen (secondary N) is 2. The first-order valence-electron chi connectivity index (χ1n) is 22.4. The van der Waals surface area contributed by atoms with Crippen LogP contribution in [-0.4, -0.2) is 119 Å². The quantitative estimate of drug-likeness (QED) is 0.0926. The molecule has 3 aliphatic heterocycles. The summed E-state index contributed by atoms with van der Waals surface area (Å²) in [5, 5.41) is 27.2. The van der Waals surface area contributed by atoms with Gasteiger partial charge in [0.2, 0.25) is 18.1 Å². The number of carbonyl (C=O) groups is 2. The van der Waals surface area contributed by atoms with E-state index < -0.39 is 48.8 Å². The van der Waals surface area contributed by atoms with E-state index in [-0.39, 0.29) is 51.3 Å². The molecule has 2 fully saturated rings. The number of aliphatic hydroxyl groups is 2. The maximum Gasteiger partial charge on any atom is 0.405 e. The molecule has 2 amide bonds. The number of ether oxygens (including phenoxy) is 3. The second-order valence-electron chi connectivity index (χ2n) is 16.8. The maximum atomic E-state index is 13.9. The molecule has 0 radical (unpaired) electrons. The van der Waals surface area contributed by atoms with Gasteiger partial charge in [-0.1, -0.05) is 48.5 Å². The molecule has 3 aliphatic rings. The third kappa shape index (κ3) is 13.0. The van der Waals surface area contributed by atoms with Crippen molar-refractivity contribution in [3.63, 3.8) is 0 Å². The van der Waals surface area contributed by atoms with Crippen LogP contribution < -0.4 is 15.4 Å². The second kappa shape index (κ2) is 22.6. The molecule has 5 atom stereocenters. The van der Waals surface area contributed by atoms with Crippen molar-refractivity contribution in [1.29, 1.82) is 0 Å². The predicted octanol–water partition coefficient (Wildman–Crippen LogP) is 6.11. The van der Waals surface area contributed by atoms with Crippen molar-refractivity contribution in [2.24, 2.45) is 5.92 Å². The lowest BCUT2D eigenvalue weighted by atomic mass is 9.90. The van der Waals surface area contributed by atoms with Crippen LogP contribution >= 0.6 is 0 Å². The highest BCUT2D eigenvalue weighted by Gasteiger charge is 2.38. The smallest absolute Gasteiger partial charge is 0.405 e. The van der Waals surface area contributed by atoms with Gasteiger partial charge in [-0.2, -0.15) is 13.2 Å². The molecule has 0 unspecified atom stereocenters. The minimum absolute atomic E-state index is 0.00229. The van der Waals surface area contributed by atoms with Crippen molar-refractivity contribution in [1.82, 2.24) is 30.4 Å². The van der Waals surface area contributed by atoms with Crippen LogP contribution in [0.3, 0.4) is 0 Å². The van der Waals surface area contributed by atoms with Crippen LogP contribution in [-0.2, 0) is 32.0 Å². The predicted molar refractivity (Wildman–Crippen MR) is 241 cm³/mol. The molecule has 2 aromatic carbocycles. The zero-order chi connectivity index (χ0) is 47.5. The summed E-state index contributed by atoms with van der Waals surface area (Å²) in [5.74, 6) is 1.37. The van der Waals surface area contributed by atoms with E-state index in [4.69, 9.17) is 23.0 Å². The van der Waals surface area contributed by atoms with Crippen molar-refractivity contribution in [3.05, 3.63) is 151 Å².